The number of aromatic nitrogens is 2. The lowest BCUT2D eigenvalue weighted by Gasteiger charge is -2.18. The number of rotatable bonds is 6. The summed E-state index contributed by atoms with van der Waals surface area (Å²) in [6.45, 7) is 0.150. The van der Waals surface area contributed by atoms with Gasteiger partial charge in [-0.25, -0.2) is 8.42 Å². The Labute approximate surface area is 99.3 Å². The second-order valence-electron chi connectivity index (χ2n) is 3.15. The smallest absolute Gasteiger partial charge is 0.246 e. The number of nitriles is 2. The quantitative estimate of drug-likeness (QED) is 0.779. The lowest BCUT2D eigenvalue weighted by atomic mass is 10.4. The number of nitrogens with one attached hydrogen (secondary N) is 1. The molecule has 1 N–H and O–H groups in total. The van der Waals surface area contributed by atoms with Crippen molar-refractivity contribution in [1.82, 2.24) is 14.5 Å². The molecule has 0 saturated carbocycles. The monoisotopic (exact) mass is 253 g/mol. The van der Waals surface area contributed by atoms with Gasteiger partial charge in [0.05, 0.1) is 18.3 Å². The van der Waals surface area contributed by atoms with E-state index in [0.717, 1.165) is 4.31 Å². The number of aromatic amines is 1. The molecule has 90 valence electrons. The lowest BCUT2D eigenvalue weighted by Crippen LogP contribution is -2.32. The maximum absolute atomic E-state index is 12.1. The third-order valence-electron chi connectivity index (χ3n) is 2.06. The molecule has 7 nitrogen and oxygen atoms in total. The van der Waals surface area contributed by atoms with Gasteiger partial charge in [-0.15, -0.1) is 0 Å². The zero-order valence-electron chi connectivity index (χ0n) is 9.00. The first-order valence-corrected chi connectivity index (χ1v) is 6.29. The van der Waals surface area contributed by atoms with E-state index in [4.69, 9.17) is 10.5 Å². The summed E-state index contributed by atoms with van der Waals surface area (Å²) in [7, 11) is -3.66. The Bertz CT molecular complexity index is 505. The van der Waals surface area contributed by atoms with Crippen LogP contribution < -0.4 is 0 Å². The van der Waals surface area contributed by atoms with Gasteiger partial charge in [0.15, 0.2) is 0 Å². The van der Waals surface area contributed by atoms with Crippen LogP contribution in [0.5, 0.6) is 0 Å². The van der Waals surface area contributed by atoms with Gasteiger partial charge in [-0.05, 0) is 0 Å². The van der Waals surface area contributed by atoms with E-state index in [1.54, 1.807) is 0 Å². The van der Waals surface area contributed by atoms with E-state index < -0.39 is 10.0 Å². The van der Waals surface area contributed by atoms with E-state index in [9.17, 15) is 8.42 Å². The Balaban J connectivity index is 2.90. The van der Waals surface area contributed by atoms with E-state index >= 15 is 0 Å². The third kappa shape index (κ3) is 3.28. The molecule has 1 heterocycles. The summed E-state index contributed by atoms with van der Waals surface area (Å²) in [4.78, 5) is 0.0355. The summed E-state index contributed by atoms with van der Waals surface area (Å²) in [6, 6.07) is 3.76. The summed E-state index contributed by atoms with van der Waals surface area (Å²) in [5, 5.41) is 23.0. The van der Waals surface area contributed by atoms with Gasteiger partial charge in [-0.1, -0.05) is 0 Å². The summed E-state index contributed by atoms with van der Waals surface area (Å²) in [5.74, 6) is 0. The normalized spacial score (nSPS) is 11.0. The molecule has 1 rings (SSSR count). The molecule has 1 aromatic rings. The van der Waals surface area contributed by atoms with Gasteiger partial charge in [0.2, 0.25) is 10.0 Å². The SMILES string of the molecule is N#CCCN(CCC#N)S(=O)(=O)c1cn[nH]c1. The Morgan fingerprint density at radius 1 is 1.29 bits per heavy atom. The fourth-order valence-electron chi connectivity index (χ4n) is 1.23. The average Bonchev–Trinajstić information content (AvgIpc) is 2.83. The molecule has 0 radical (unpaired) electrons. The van der Waals surface area contributed by atoms with Crippen molar-refractivity contribution in [3.8, 4) is 12.1 Å². The molecule has 0 aliphatic heterocycles. The number of hydrogen-bond acceptors (Lipinski definition) is 5. The maximum Gasteiger partial charge on any atom is 0.246 e. The van der Waals surface area contributed by atoms with E-state index in [2.05, 4.69) is 10.2 Å². The molecule has 0 aromatic carbocycles. The highest BCUT2D eigenvalue weighted by Gasteiger charge is 2.24. The zero-order valence-corrected chi connectivity index (χ0v) is 9.81. The molecular weight excluding hydrogens is 242 g/mol. The lowest BCUT2D eigenvalue weighted by molar-refractivity contribution is 0.425. The standard InChI is InChI=1S/C9H11N5O2S/c10-3-1-5-14(6-2-4-11)17(15,16)9-7-12-13-8-9/h7-8H,1-2,5-6H2,(H,12,13). The van der Waals surface area contributed by atoms with Crippen LogP contribution in [0.3, 0.4) is 0 Å². The first-order chi connectivity index (χ1) is 8.12. The van der Waals surface area contributed by atoms with Gasteiger partial charge >= 0.3 is 0 Å². The number of sulfonamides is 1. The molecule has 0 fully saturated rings. The topological polar surface area (TPSA) is 114 Å². The van der Waals surface area contributed by atoms with Crippen molar-refractivity contribution in [2.75, 3.05) is 13.1 Å². The molecule has 0 aliphatic carbocycles. The first-order valence-electron chi connectivity index (χ1n) is 4.85. The fourth-order valence-corrected chi connectivity index (χ4v) is 2.58. The van der Waals surface area contributed by atoms with Crippen LogP contribution in [-0.4, -0.2) is 36.0 Å². The van der Waals surface area contributed by atoms with Crippen LogP contribution in [0.2, 0.25) is 0 Å². The van der Waals surface area contributed by atoms with Crippen LogP contribution in [-0.2, 0) is 10.0 Å². The average molecular weight is 253 g/mol. The zero-order chi connectivity index (χ0) is 12.7. The van der Waals surface area contributed by atoms with Gasteiger partial charge < -0.3 is 0 Å². The van der Waals surface area contributed by atoms with Crippen LogP contribution in [0.15, 0.2) is 17.3 Å². The molecular formula is C9H11N5O2S. The van der Waals surface area contributed by atoms with Gasteiger partial charge in [-0.2, -0.15) is 19.9 Å². The van der Waals surface area contributed by atoms with Crippen molar-refractivity contribution in [1.29, 1.82) is 10.5 Å². The summed E-state index contributed by atoms with van der Waals surface area (Å²) in [6.07, 6.45) is 2.63. The van der Waals surface area contributed by atoms with Gasteiger partial charge in [0.25, 0.3) is 0 Å². The van der Waals surface area contributed by atoms with Crippen molar-refractivity contribution < 1.29 is 8.42 Å². The van der Waals surface area contributed by atoms with Crippen molar-refractivity contribution in [3.63, 3.8) is 0 Å². The number of nitrogens with zero attached hydrogens (tertiary/aromatic N) is 4. The molecule has 0 spiro atoms. The highest BCUT2D eigenvalue weighted by molar-refractivity contribution is 7.89. The Morgan fingerprint density at radius 2 is 1.88 bits per heavy atom. The molecule has 0 unspecified atom stereocenters. The largest absolute Gasteiger partial charge is 0.284 e. The van der Waals surface area contributed by atoms with E-state index in [0.29, 0.717) is 0 Å². The van der Waals surface area contributed by atoms with Crippen molar-refractivity contribution >= 4 is 10.0 Å². The highest BCUT2D eigenvalue weighted by Crippen LogP contribution is 2.14. The Kier molecular flexibility index (Phi) is 4.64. The summed E-state index contributed by atoms with van der Waals surface area (Å²) >= 11 is 0. The minimum atomic E-state index is -3.66. The van der Waals surface area contributed by atoms with Crippen LogP contribution in [0, 0.1) is 22.7 Å². The third-order valence-corrected chi connectivity index (χ3v) is 3.92. The highest BCUT2D eigenvalue weighted by atomic mass is 32.2. The number of hydrogen-bond donors (Lipinski definition) is 1. The van der Waals surface area contributed by atoms with Crippen molar-refractivity contribution in [3.05, 3.63) is 12.4 Å². The summed E-state index contributed by atoms with van der Waals surface area (Å²) in [5.41, 5.74) is 0. The van der Waals surface area contributed by atoms with Gasteiger partial charge in [0.1, 0.15) is 4.90 Å². The summed E-state index contributed by atoms with van der Waals surface area (Å²) < 4.78 is 25.2. The van der Waals surface area contributed by atoms with Crippen molar-refractivity contribution in [2.24, 2.45) is 0 Å². The van der Waals surface area contributed by atoms with E-state index in [1.165, 1.54) is 12.4 Å². The molecule has 0 atom stereocenters. The predicted molar refractivity (Wildman–Crippen MR) is 57.8 cm³/mol. The van der Waals surface area contributed by atoms with E-state index in [1.807, 2.05) is 12.1 Å². The molecule has 17 heavy (non-hydrogen) atoms. The van der Waals surface area contributed by atoms with E-state index in [-0.39, 0.29) is 30.8 Å². The van der Waals surface area contributed by atoms with Gasteiger partial charge in [-0.3, -0.25) is 5.10 Å². The van der Waals surface area contributed by atoms with Crippen molar-refractivity contribution in [2.45, 2.75) is 17.7 Å². The fraction of sp³-hybridized carbons (Fsp3) is 0.444. The molecule has 0 bridgehead atoms. The second-order valence-corrected chi connectivity index (χ2v) is 5.09. The molecule has 0 saturated heterocycles. The van der Waals surface area contributed by atoms with Crippen LogP contribution in [0.25, 0.3) is 0 Å². The molecule has 1 aromatic heterocycles. The maximum atomic E-state index is 12.1. The minimum absolute atomic E-state index is 0.0355. The van der Waals surface area contributed by atoms with Crippen LogP contribution in [0.4, 0.5) is 0 Å². The second kappa shape index (κ2) is 5.99. The molecule has 0 amide bonds. The molecule has 0 aliphatic rings. The minimum Gasteiger partial charge on any atom is -0.284 e. The Hall–Kier alpha value is -1.90. The number of H-pyrrole nitrogens is 1. The molecule has 8 heteroatoms. The van der Waals surface area contributed by atoms with Crippen LogP contribution >= 0.6 is 0 Å². The van der Waals surface area contributed by atoms with Crippen LogP contribution in [0.1, 0.15) is 12.8 Å². The predicted octanol–water partition coefficient (Wildman–Crippen LogP) is 0.228. The first kappa shape index (κ1) is 13.2. The Morgan fingerprint density at radius 3 is 2.29 bits per heavy atom. The van der Waals surface area contributed by atoms with Gasteiger partial charge in [0, 0.05) is 32.1 Å².